The van der Waals surface area contributed by atoms with Gasteiger partial charge in [0.1, 0.15) is 0 Å². The molecule has 1 aromatic carbocycles. The van der Waals surface area contributed by atoms with Crippen molar-refractivity contribution in [2.45, 2.75) is 39.7 Å². The number of hydrogen-bond acceptors (Lipinski definition) is 3. The zero-order chi connectivity index (χ0) is 17.8. The predicted octanol–water partition coefficient (Wildman–Crippen LogP) is 4.50. The van der Waals surface area contributed by atoms with Crippen LogP contribution in [-0.4, -0.2) is 28.9 Å². The molecule has 25 heavy (non-hydrogen) atoms. The Bertz CT molecular complexity index is 735. The van der Waals surface area contributed by atoms with Gasteiger partial charge in [0.15, 0.2) is 0 Å². The molecule has 1 amide bonds. The molecule has 0 bridgehead atoms. The van der Waals surface area contributed by atoms with Crippen molar-refractivity contribution in [2.24, 2.45) is 5.92 Å². The highest BCUT2D eigenvalue weighted by Crippen LogP contribution is 2.30. The summed E-state index contributed by atoms with van der Waals surface area (Å²) in [5, 5.41) is 3.00. The van der Waals surface area contributed by atoms with Crippen LogP contribution in [0.15, 0.2) is 42.6 Å². The highest BCUT2D eigenvalue weighted by molar-refractivity contribution is 5.95. The summed E-state index contributed by atoms with van der Waals surface area (Å²) in [6.07, 6.45) is 4.35. The molecule has 0 aliphatic carbocycles. The molecule has 1 atom stereocenters. The first-order chi connectivity index (χ1) is 12.1. The van der Waals surface area contributed by atoms with Crippen molar-refractivity contribution in [2.75, 3.05) is 18.4 Å². The number of benzene rings is 1. The largest absolute Gasteiger partial charge is 0.324 e. The number of likely N-dealkylation sites (tertiary alicyclic amines) is 1. The topological polar surface area (TPSA) is 45.2 Å². The SMILES string of the molecule is CC(C)C(=O)Nc1cccnc1-c1cccc(C(C)N2CCCC2)c1. The highest BCUT2D eigenvalue weighted by Gasteiger charge is 2.20. The third kappa shape index (κ3) is 4.07. The van der Waals surface area contributed by atoms with Crippen LogP contribution in [0.3, 0.4) is 0 Å². The molecular weight excluding hydrogens is 310 g/mol. The van der Waals surface area contributed by atoms with Crippen LogP contribution in [0.2, 0.25) is 0 Å². The van der Waals surface area contributed by atoms with Crippen LogP contribution in [0.4, 0.5) is 5.69 Å². The maximum absolute atomic E-state index is 12.1. The maximum atomic E-state index is 12.1. The smallest absolute Gasteiger partial charge is 0.226 e. The molecule has 1 aromatic heterocycles. The van der Waals surface area contributed by atoms with Gasteiger partial charge in [0, 0.05) is 23.7 Å². The van der Waals surface area contributed by atoms with E-state index in [4.69, 9.17) is 0 Å². The Morgan fingerprint density at radius 1 is 1.12 bits per heavy atom. The quantitative estimate of drug-likeness (QED) is 0.874. The standard InChI is InChI=1S/C21H27N3O/c1-15(2)21(25)23-19-10-7-11-22-20(19)18-9-6-8-17(14-18)16(3)24-12-4-5-13-24/h6-11,14-16H,4-5,12-13H2,1-3H3,(H,23,25). The summed E-state index contributed by atoms with van der Waals surface area (Å²) >= 11 is 0. The second-order valence-corrected chi connectivity index (χ2v) is 7.09. The Hall–Kier alpha value is -2.20. The van der Waals surface area contributed by atoms with E-state index in [0.717, 1.165) is 16.9 Å². The summed E-state index contributed by atoms with van der Waals surface area (Å²) in [5.41, 5.74) is 3.94. The fourth-order valence-corrected chi connectivity index (χ4v) is 3.30. The van der Waals surface area contributed by atoms with Crippen molar-refractivity contribution in [3.8, 4) is 11.3 Å². The number of hydrogen-bond donors (Lipinski definition) is 1. The van der Waals surface area contributed by atoms with Crippen molar-refractivity contribution >= 4 is 11.6 Å². The predicted molar refractivity (Wildman–Crippen MR) is 102 cm³/mol. The molecule has 3 rings (SSSR count). The minimum Gasteiger partial charge on any atom is -0.324 e. The van der Waals surface area contributed by atoms with E-state index in [1.807, 2.05) is 26.0 Å². The third-order valence-electron chi connectivity index (χ3n) is 4.92. The van der Waals surface area contributed by atoms with Gasteiger partial charge >= 0.3 is 0 Å². The van der Waals surface area contributed by atoms with Gasteiger partial charge < -0.3 is 5.32 Å². The Kier molecular flexibility index (Phi) is 5.49. The van der Waals surface area contributed by atoms with Crippen LogP contribution in [0.5, 0.6) is 0 Å². The van der Waals surface area contributed by atoms with Gasteiger partial charge in [-0.25, -0.2) is 0 Å². The number of aromatic nitrogens is 1. The van der Waals surface area contributed by atoms with E-state index in [9.17, 15) is 4.79 Å². The fourth-order valence-electron chi connectivity index (χ4n) is 3.30. The number of nitrogens with one attached hydrogen (secondary N) is 1. The van der Waals surface area contributed by atoms with Crippen molar-refractivity contribution in [3.05, 3.63) is 48.2 Å². The number of carbonyl (C=O) groups excluding carboxylic acids is 1. The molecule has 1 saturated heterocycles. The lowest BCUT2D eigenvalue weighted by atomic mass is 10.0. The van der Waals surface area contributed by atoms with E-state index in [1.54, 1.807) is 6.20 Å². The number of carbonyl (C=O) groups is 1. The zero-order valence-electron chi connectivity index (χ0n) is 15.3. The molecule has 0 radical (unpaired) electrons. The lowest BCUT2D eigenvalue weighted by molar-refractivity contribution is -0.118. The molecule has 0 saturated carbocycles. The number of rotatable bonds is 5. The molecule has 2 heterocycles. The maximum Gasteiger partial charge on any atom is 0.226 e. The van der Waals surface area contributed by atoms with Crippen molar-refractivity contribution < 1.29 is 4.79 Å². The van der Waals surface area contributed by atoms with Crippen LogP contribution in [0.1, 0.15) is 45.2 Å². The summed E-state index contributed by atoms with van der Waals surface area (Å²) in [6.45, 7) is 8.40. The molecule has 4 nitrogen and oxygen atoms in total. The molecule has 1 aliphatic heterocycles. The molecular formula is C21H27N3O. The van der Waals surface area contributed by atoms with E-state index >= 15 is 0 Å². The van der Waals surface area contributed by atoms with Crippen LogP contribution in [0, 0.1) is 5.92 Å². The first-order valence-corrected chi connectivity index (χ1v) is 9.16. The van der Waals surface area contributed by atoms with E-state index < -0.39 is 0 Å². The zero-order valence-corrected chi connectivity index (χ0v) is 15.3. The summed E-state index contributed by atoms with van der Waals surface area (Å²) in [7, 11) is 0. The van der Waals surface area contributed by atoms with Gasteiger partial charge in [-0.2, -0.15) is 0 Å². The van der Waals surface area contributed by atoms with Gasteiger partial charge in [0.2, 0.25) is 5.91 Å². The lowest BCUT2D eigenvalue weighted by Crippen LogP contribution is -2.23. The van der Waals surface area contributed by atoms with Crippen molar-refractivity contribution in [1.29, 1.82) is 0 Å². The van der Waals surface area contributed by atoms with Crippen LogP contribution >= 0.6 is 0 Å². The molecule has 1 aliphatic rings. The molecule has 1 unspecified atom stereocenters. The van der Waals surface area contributed by atoms with Crippen LogP contribution in [-0.2, 0) is 4.79 Å². The number of anilines is 1. The number of amides is 1. The second kappa shape index (κ2) is 7.79. The van der Waals surface area contributed by atoms with Crippen molar-refractivity contribution in [3.63, 3.8) is 0 Å². The Balaban J connectivity index is 1.89. The molecule has 2 aromatic rings. The minimum atomic E-state index is -0.0606. The van der Waals surface area contributed by atoms with Gasteiger partial charge in [-0.15, -0.1) is 0 Å². The average Bonchev–Trinajstić information content (AvgIpc) is 3.16. The molecule has 4 heteroatoms. The minimum absolute atomic E-state index is 0.0100. The monoisotopic (exact) mass is 337 g/mol. The molecule has 1 fully saturated rings. The van der Waals surface area contributed by atoms with E-state index in [-0.39, 0.29) is 11.8 Å². The van der Waals surface area contributed by atoms with E-state index in [2.05, 4.69) is 46.4 Å². The average molecular weight is 337 g/mol. The van der Waals surface area contributed by atoms with Gasteiger partial charge in [0.25, 0.3) is 0 Å². The summed E-state index contributed by atoms with van der Waals surface area (Å²) in [5.74, 6) is -0.0505. The van der Waals surface area contributed by atoms with Crippen LogP contribution < -0.4 is 5.32 Å². The summed E-state index contributed by atoms with van der Waals surface area (Å²) in [6, 6.07) is 12.7. The molecule has 1 N–H and O–H groups in total. The number of nitrogens with zero attached hydrogens (tertiary/aromatic N) is 2. The van der Waals surface area contributed by atoms with Gasteiger partial charge in [0.05, 0.1) is 11.4 Å². The highest BCUT2D eigenvalue weighted by atomic mass is 16.1. The van der Waals surface area contributed by atoms with Gasteiger partial charge in [-0.1, -0.05) is 32.0 Å². The van der Waals surface area contributed by atoms with Gasteiger partial charge in [-0.3, -0.25) is 14.7 Å². The first kappa shape index (κ1) is 17.6. The summed E-state index contributed by atoms with van der Waals surface area (Å²) < 4.78 is 0. The fraction of sp³-hybridized carbons (Fsp3) is 0.429. The normalized spacial score (nSPS) is 16.2. The first-order valence-electron chi connectivity index (χ1n) is 9.16. The van der Waals surface area contributed by atoms with Gasteiger partial charge in [-0.05, 0) is 56.6 Å². The van der Waals surface area contributed by atoms with E-state index in [1.165, 1.54) is 31.5 Å². The number of pyridine rings is 1. The Labute approximate surface area is 150 Å². The summed E-state index contributed by atoms with van der Waals surface area (Å²) in [4.78, 5) is 19.2. The molecule has 0 spiro atoms. The Morgan fingerprint density at radius 3 is 2.60 bits per heavy atom. The van der Waals surface area contributed by atoms with E-state index in [0.29, 0.717) is 6.04 Å². The lowest BCUT2D eigenvalue weighted by Gasteiger charge is -2.24. The molecule has 132 valence electrons. The van der Waals surface area contributed by atoms with Crippen LogP contribution in [0.25, 0.3) is 11.3 Å². The third-order valence-corrected chi connectivity index (χ3v) is 4.92. The second-order valence-electron chi connectivity index (χ2n) is 7.09. The Morgan fingerprint density at radius 2 is 1.88 bits per heavy atom. The van der Waals surface area contributed by atoms with Crippen molar-refractivity contribution in [1.82, 2.24) is 9.88 Å².